The lowest BCUT2D eigenvalue weighted by Crippen LogP contribution is -1.99. The van der Waals surface area contributed by atoms with Crippen LogP contribution in [-0.4, -0.2) is 5.78 Å². The van der Waals surface area contributed by atoms with Crippen molar-refractivity contribution in [1.82, 2.24) is 0 Å². The van der Waals surface area contributed by atoms with Crippen molar-refractivity contribution in [2.75, 3.05) is 0 Å². The van der Waals surface area contributed by atoms with Crippen LogP contribution in [-0.2, 0) is 0 Å². The van der Waals surface area contributed by atoms with Crippen LogP contribution in [0.3, 0.4) is 0 Å². The molecule has 2 aromatic carbocycles. The van der Waals surface area contributed by atoms with Gasteiger partial charge in [0.25, 0.3) is 0 Å². The van der Waals surface area contributed by atoms with Gasteiger partial charge in [0.2, 0.25) is 0 Å². The number of ketones is 1. The van der Waals surface area contributed by atoms with Crippen molar-refractivity contribution >= 4 is 28.4 Å². The minimum atomic E-state index is -0.541. The highest BCUT2D eigenvalue weighted by atomic mass is 127. The molecule has 0 saturated carbocycles. The summed E-state index contributed by atoms with van der Waals surface area (Å²) < 4.78 is 20.2. The summed E-state index contributed by atoms with van der Waals surface area (Å²) in [5.74, 6) is -0.287. The summed E-state index contributed by atoms with van der Waals surface area (Å²) in [6.07, 6.45) is 0. The molecule has 0 unspecified atom stereocenters. The number of Topliss-reactive ketones (excluding diaryl/α,β-unsaturated/α-hetero) is 1. The molecule has 0 N–H and O–H groups in total. The molecule has 0 radical (unpaired) electrons. The third-order valence-corrected chi connectivity index (χ3v) is 3.10. The van der Waals surface area contributed by atoms with Crippen LogP contribution >= 0.6 is 22.6 Å². The van der Waals surface area contributed by atoms with E-state index in [9.17, 15) is 9.18 Å². The van der Waals surface area contributed by atoms with E-state index in [2.05, 4.69) is 22.6 Å². The third-order valence-electron chi connectivity index (χ3n) is 2.38. The van der Waals surface area contributed by atoms with Gasteiger partial charge in [0.15, 0.2) is 17.3 Å². The van der Waals surface area contributed by atoms with Gasteiger partial charge in [0.05, 0.1) is 5.56 Å². The van der Waals surface area contributed by atoms with Gasteiger partial charge in [-0.15, -0.1) is 0 Å². The molecule has 92 valence electrons. The van der Waals surface area contributed by atoms with Crippen molar-refractivity contribution in [2.24, 2.45) is 0 Å². The highest BCUT2D eigenvalue weighted by Crippen LogP contribution is 2.29. The van der Waals surface area contributed by atoms with Gasteiger partial charge in [-0.05, 0) is 65.9 Å². The van der Waals surface area contributed by atoms with E-state index in [1.54, 1.807) is 18.2 Å². The molecule has 0 fully saturated rings. The first kappa shape index (κ1) is 13.0. The highest BCUT2D eigenvalue weighted by Gasteiger charge is 2.14. The van der Waals surface area contributed by atoms with Gasteiger partial charge >= 0.3 is 0 Å². The molecule has 2 nitrogen and oxygen atoms in total. The number of para-hydroxylation sites is 1. The van der Waals surface area contributed by atoms with Crippen molar-refractivity contribution in [2.45, 2.75) is 6.92 Å². The zero-order chi connectivity index (χ0) is 13.1. The van der Waals surface area contributed by atoms with Gasteiger partial charge < -0.3 is 4.74 Å². The first-order chi connectivity index (χ1) is 8.58. The number of carbonyl (C=O) groups is 1. The Bertz CT molecular complexity index is 579. The summed E-state index contributed by atoms with van der Waals surface area (Å²) in [6, 6.07) is 11.5. The maximum Gasteiger partial charge on any atom is 0.173 e. The first-order valence-corrected chi connectivity index (χ1v) is 6.38. The molecule has 0 aliphatic heterocycles. The molecule has 0 aliphatic carbocycles. The second kappa shape index (κ2) is 5.48. The monoisotopic (exact) mass is 356 g/mol. The van der Waals surface area contributed by atoms with Crippen LogP contribution in [0.2, 0.25) is 0 Å². The van der Waals surface area contributed by atoms with Crippen molar-refractivity contribution < 1.29 is 13.9 Å². The molecule has 18 heavy (non-hydrogen) atoms. The van der Waals surface area contributed by atoms with Crippen LogP contribution in [0.15, 0.2) is 42.5 Å². The lowest BCUT2D eigenvalue weighted by molar-refractivity contribution is 0.101. The normalized spacial score (nSPS) is 10.2. The summed E-state index contributed by atoms with van der Waals surface area (Å²) in [5, 5.41) is 0. The van der Waals surface area contributed by atoms with Crippen LogP contribution < -0.4 is 4.74 Å². The molecule has 2 rings (SSSR count). The van der Waals surface area contributed by atoms with Crippen molar-refractivity contribution in [3.8, 4) is 11.5 Å². The van der Waals surface area contributed by atoms with Crippen LogP contribution in [0.1, 0.15) is 17.3 Å². The van der Waals surface area contributed by atoms with E-state index in [-0.39, 0.29) is 17.1 Å². The minimum Gasteiger partial charge on any atom is -0.454 e. The SMILES string of the molecule is CC(=O)c1cccc(F)c1Oc1ccc(I)cc1. The molecule has 0 aromatic heterocycles. The van der Waals surface area contributed by atoms with Crippen molar-refractivity contribution in [3.63, 3.8) is 0 Å². The Morgan fingerprint density at radius 1 is 1.17 bits per heavy atom. The molecule has 0 heterocycles. The second-order valence-electron chi connectivity index (χ2n) is 3.73. The molecule has 0 saturated heterocycles. The average Bonchev–Trinajstić information content (AvgIpc) is 2.34. The number of carbonyl (C=O) groups excluding carboxylic acids is 1. The Kier molecular flexibility index (Phi) is 3.96. The molecule has 0 atom stereocenters. The maximum atomic E-state index is 13.7. The summed E-state index contributed by atoms with van der Waals surface area (Å²) in [6.45, 7) is 1.38. The Morgan fingerprint density at radius 2 is 1.83 bits per heavy atom. The Labute approximate surface area is 118 Å². The molecule has 0 spiro atoms. The van der Waals surface area contributed by atoms with Gasteiger partial charge in [0, 0.05) is 3.57 Å². The number of hydrogen-bond donors (Lipinski definition) is 0. The van der Waals surface area contributed by atoms with Gasteiger partial charge in [-0.3, -0.25) is 4.79 Å². The zero-order valence-corrected chi connectivity index (χ0v) is 11.8. The minimum absolute atomic E-state index is 0.0220. The first-order valence-electron chi connectivity index (χ1n) is 5.31. The smallest absolute Gasteiger partial charge is 0.173 e. The lowest BCUT2D eigenvalue weighted by Gasteiger charge is -2.10. The largest absolute Gasteiger partial charge is 0.454 e. The summed E-state index contributed by atoms with van der Waals surface area (Å²) in [5.41, 5.74) is 0.244. The van der Waals surface area contributed by atoms with E-state index >= 15 is 0 Å². The lowest BCUT2D eigenvalue weighted by atomic mass is 10.1. The van der Waals surface area contributed by atoms with E-state index in [1.807, 2.05) is 12.1 Å². The Hall–Kier alpha value is -1.43. The average molecular weight is 356 g/mol. The third kappa shape index (κ3) is 2.87. The summed E-state index contributed by atoms with van der Waals surface area (Å²) in [4.78, 5) is 11.4. The van der Waals surface area contributed by atoms with Crippen molar-refractivity contribution in [3.05, 3.63) is 57.4 Å². The van der Waals surface area contributed by atoms with E-state index in [1.165, 1.54) is 19.1 Å². The van der Waals surface area contributed by atoms with Gasteiger partial charge in [-0.2, -0.15) is 0 Å². The number of hydrogen-bond acceptors (Lipinski definition) is 2. The predicted molar refractivity (Wildman–Crippen MR) is 75.6 cm³/mol. The quantitative estimate of drug-likeness (QED) is 0.601. The van der Waals surface area contributed by atoms with E-state index < -0.39 is 5.82 Å². The van der Waals surface area contributed by atoms with E-state index in [0.29, 0.717) is 5.75 Å². The maximum absolute atomic E-state index is 13.7. The molecule has 0 aliphatic rings. The fraction of sp³-hybridized carbons (Fsp3) is 0.0714. The van der Waals surface area contributed by atoms with Gasteiger partial charge in [-0.1, -0.05) is 6.07 Å². The van der Waals surface area contributed by atoms with Crippen LogP contribution in [0.4, 0.5) is 4.39 Å². The number of halogens is 2. The number of benzene rings is 2. The molecular formula is C14H10FIO2. The molecule has 4 heteroatoms. The van der Waals surface area contributed by atoms with Crippen LogP contribution in [0.25, 0.3) is 0 Å². The Balaban J connectivity index is 2.39. The molecular weight excluding hydrogens is 346 g/mol. The predicted octanol–water partition coefficient (Wildman–Crippen LogP) is 4.43. The number of rotatable bonds is 3. The van der Waals surface area contributed by atoms with Gasteiger partial charge in [-0.25, -0.2) is 4.39 Å². The fourth-order valence-electron chi connectivity index (χ4n) is 1.51. The molecule has 2 aromatic rings. The van der Waals surface area contributed by atoms with Crippen LogP contribution in [0.5, 0.6) is 11.5 Å². The summed E-state index contributed by atoms with van der Waals surface area (Å²) >= 11 is 2.17. The van der Waals surface area contributed by atoms with E-state index in [0.717, 1.165) is 3.57 Å². The zero-order valence-electron chi connectivity index (χ0n) is 9.61. The molecule has 0 bridgehead atoms. The van der Waals surface area contributed by atoms with E-state index in [4.69, 9.17) is 4.74 Å². The van der Waals surface area contributed by atoms with Gasteiger partial charge in [0.1, 0.15) is 5.75 Å². The standard InChI is InChI=1S/C14H10FIO2/c1-9(17)12-3-2-4-13(15)14(12)18-11-7-5-10(16)6-8-11/h2-8H,1H3. The summed E-state index contributed by atoms with van der Waals surface area (Å²) in [7, 11) is 0. The fourth-order valence-corrected chi connectivity index (χ4v) is 1.87. The van der Waals surface area contributed by atoms with Crippen molar-refractivity contribution in [1.29, 1.82) is 0 Å². The highest BCUT2D eigenvalue weighted by molar-refractivity contribution is 14.1. The second-order valence-corrected chi connectivity index (χ2v) is 4.97. The Morgan fingerprint density at radius 3 is 2.44 bits per heavy atom. The number of ether oxygens (including phenoxy) is 1. The van der Waals surface area contributed by atoms with Crippen LogP contribution in [0, 0.1) is 9.39 Å². The topological polar surface area (TPSA) is 26.3 Å². The molecule has 0 amide bonds.